The molecule has 84 valence electrons. The van der Waals surface area contributed by atoms with Gasteiger partial charge in [-0.25, -0.2) is 0 Å². The zero-order chi connectivity index (χ0) is 11.5. The minimum atomic E-state index is -0.108. The topological polar surface area (TPSA) is 83.6 Å². The first-order valence-corrected chi connectivity index (χ1v) is 5.74. The van der Waals surface area contributed by atoms with E-state index in [9.17, 15) is 4.79 Å². The molecule has 0 aliphatic heterocycles. The second-order valence-electron chi connectivity index (χ2n) is 2.72. The van der Waals surface area contributed by atoms with Gasteiger partial charge in [0.05, 0.1) is 6.54 Å². The predicted octanol–water partition coefficient (Wildman–Crippen LogP) is 1.54. The fourth-order valence-corrected chi connectivity index (χ4v) is 1.92. The van der Waals surface area contributed by atoms with E-state index in [1.807, 2.05) is 0 Å². The SMILES string of the molecule is O=c1[nH]c(CNc2nc(Cl)nc(Cl)n2)cs1. The largest absolute Gasteiger partial charge is 0.348 e. The van der Waals surface area contributed by atoms with Gasteiger partial charge in [-0.2, -0.15) is 15.0 Å². The Morgan fingerprint density at radius 1 is 1.31 bits per heavy atom. The molecule has 0 aromatic carbocycles. The average molecular weight is 278 g/mol. The zero-order valence-corrected chi connectivity index (χ0v) is 10.0. The molecule has 0 radical (unpaired) electrons. The number of hydrogen-bond donors (Lipinski definition) is 2. The Balaban J connectivity index is 2.07. The average Bonchev–Trinajstić information content (AvgIpc) is 2.60. The van der Waals surface area contributed by atoms with Crippen LogP contribution in [0.4, 0.5) is 5.95 Å². The number of halogens is 2. The van der Waals surface area contributed by atoms with Crippen LogP contribution >= 0.6 is 34.5 Å². The molecule has 0 spiro atoms. The number of aromatic nitrogens is 4. The van der Waals surface area contributed by atoms with Crippen molar-refractivity contribution in [1.29, 1.82) is 0 Å². The zero-order valence-electron chi connectivity index (χ0n) is 7.70. The Morgan fingerprint density at radius 2 is 2.00 bits per heavy atom. The number of anilines is 1. The lowest BCUT2D eigenvalue weighted by molar-refractivity contribution is 0.979. The smallest absolute Gasteiger partial charge is 0.304 e. The van der Waals surface area contributed by atoms with Crippen LogP contribution in [-0.4, -0.2) is 19.9 Å². The molecule has 9 heteroatoms. The monoisotopic (exact) mass is 277 g/mol. The van der Waals surface area contributed by atoms with Gasteiger partial charge < -0.3 is 10.3 Å². The number of rotatable bonds is 3. The standard InChI is InChI=1S/C7H5Cl2N5OS/c8-4-12-5(9)14-6(13-4)10-1-3-2-16-7(15)11-3/h2H,1H2,(H,11,15)(H,10,12,13,14). The second-order valence-corrected chi connectivity index (χ2v) is 4.24. The molecule has 0 saturated heterocycles. The first-order valence-electron chi connectivity index (χ1n) is 4.11. The van der Waals surface area contributed by atoms with E-state index in [0.29, 0.717) is 6.54 Å². The molecule has 0 saturated carbocycles. The molecule has 2 rings (SSSR count). The number of aromatic amines is 1. The van der Waals surface area contributed by atoms with Crippen LogP contribution in [-0.2, 0) is 6.54 Å². The van der Waals surface area contributed by atoms with Crippen LogP contribution < -0.4 is 10.2 Å². The van der Waals surface area contributed by atoms with Crippen molar-refractivity contribution in [3.8, 4) is 0 Å². The Bertz CT molecular complexity index is 533. The number of hydrogen-bond acceptors (Lipinski definition) is 6. The molecule has 6 nitrogen and oxygen atoms in total. The molecular weight excluding hydrogens is 273 g/mol. The molecule has 0 unspecified atom stereocenters. The van der Waals surface area contributed by atoms with Crippen molar-refractivity contribution < 1.29 is 0 Å². The number of nitrogens with zero attached hydrogens (tertiary/aromatic N) is 3. The van der Waals surface area contributed by atoms with E-state index < -0.39 is 0 Å². The number of thiazole rings is 1. The maximum absolute atomic E-state index is 10.9. The van der Waals surface area contributed by atoms with E-state index in [2.05, 4.69) is 25.3 Å². The van der Waals surface area contributed by atoms with Gasteiger partial charge in [-0.3, -0.25) is 4.79 Å². The summed E-state index contributed by atoms with van der Waals surface area (Å²) in [6.07, 6.45) is 0. The lowest BCUT2D eigenvalue weighted by Crippen LogP contribution is -2.06. The summed E-state index contributed by atoms with van der Waals surface area (Å²) >= 11 is 12.3. The van der Waals surface area contributed by atoms with Crippen LogP contribution in [0.1, 0.15) is 5.69 Å². The third-order valence-corrected chi connectivity index (χ3v) is 2.65. The van der Waals surface area contributed by atoms with E-state index in [4.69, 9.17) is 23.2 Å². The molecule has 2 heterocycles. The van der Waals surface area contributed by atoms with Gasteiger partial charge in [0, 0.05) is 11.1 Å². The van der Waals surface area contributed by atoms with Gasteiger partial charge in [0.25, 0.3) is 0 Å². The second kappa shape index (κ2) is 4.77. The summed E-state index contributed by atoms with van der Waals surface area (Å²) in [4.78, 5) is 24.6. The van der Waals surface area contributed by atoms with Crippen LogP contribution in [0.2, 0.25) is 10.6 Å². The Morgan fingerprint density at radius 3 is 2.56 bits per heavy atom. The summed E-state index contributed by atoms with van der Waals surface area (Å²) in [5, 5.41) is 4.60. The van der Waals surface area contributed by atoms with Crippen molar-refractivity contribution in [2.45, 2.75) is 6.54 Å². The summed E-state index contributed by atoms with van der Waals surface area (Å²) in [6.45, 7) is 0.384. The normalized spacial score (nSPS) is 10.4. The molecule has 0 amide bonds. The van der Waals surface area contributed by atoms with E-state index in [1.165, 1.54) is 0 Å². The van der Waals surface area contributed by atoms with Crippen LogP contribution in [0.15, 0.2) is 10.2 Å². The summed E-state index contributed by atoms with van der Waals surface area (Å²) in [6, 6.07) is 0. The van der Waals surface area contributed by atoms with Crippen molar-refractivity contribution in [2.24, 2.45) is 0 Å². The number of H-pyrrole nitrogens is 1. The fraction of sp³-hybridized carbons (Fsp3) is 0.143. The molecule has 0 fully saturated rings. The molecular formula is C7H5Cl2N5OS. The van der Waals surface area contributed by atoms with Crippen LogP contribution in [0.3, 0.4) is 0 Å². The van der Waals surface area contributed by atoms with Crippen LogP contribution in [0.5, 0.6) is 0 Å². The lowest BCUT2D eigenvalue weighted by atomic mass is 10.5. The van der Waals surface area contributed by atoms with Crippen molar-refractivity contribution >= 4 is 40.5 Å². The first-order chi connectivity index (χ1) is 7.63. The van der Waals surface area contributed by atoms with Gasteiger partial charge in [0.2, 0.25) is 16.5 Å². The Kier molecular flexibility index (Phi) is 3.37. The highest BCUT2D eigenvalue weighted by molar-refractivity contribution is 7.07. The minimum absolute atomic E-state index is 0.0151. The third kappa shape index (κ3) is 2.91. The van der Waals surface area contributed by atoms with Gasteiger partial charge in [-0.15, -0.1) is 0 Å². The molecule has 0 bridgehead atoms. The van der Waals surface area contributed by atoms with Gasteiger partial charge in [0.1, 0.15) is 0 Å². The first kappa shape index (κ1) is 11.3. The van der Waals surface area contributed by atoms with E-state index in [0.717, 1.165) is 17.0 Å². The highest BCUT2D eigenvalue weighted by Gasteiger charge is 2.03. The van der Waals surface area contributed by atoms with Crippen molar-refractivity contribution in [3.05, 3.63) is 31.3 Å². The van der Waals surface area contributed by atoms with Crippen LogP contribution in [0, 0.1) is 0 Å². The minimum Gasteiger partial charge on any atom is -0.348 e. The summed E-state index contributed by atoms with van der Waals surface area (Å²) in [5.74, 6) is 0.261. The Labute approximate surface area is 104 Å². The summed E-state index contributed by atoms with van der Waals surface area (Å²) in [5.41, 5.74) is 0.739. The van der Waals surface area contributed by atoms with Gasteiger partial charge in [-0.1, -0.05) is 11.3 Å². The van der Waals surface area contributed by atoms with Gasteiger partial charge in [0.15, 0.2) is 0 Å². The van der Waals surface area contributed by atoms with Crippen molar-refractivity contribution in [3.63, 3.8) is 0 Å². The molecule has 0 aliphatic rings. The van der Waals surface area contributed by atoms with E-state index in [1.54, 1.807) is 5.38 Å². The van der Waals surface area contributed by atoms with Crippen molar-refractivity contribution in [2.75, 3.05) is 5.32 Å². The fourth-order valence-electron chi connectivity index (χ4n) is 0.980. The van der Waals surface area contributed by atoms with Gasteiger partial charge >= 0.3 is 4.87 Å². The molecule has 2 aromatic heterocycles. The van der Waals surface area contributed by atoms with E-state index >= 15 is 0 Å². The maximum atomic E-state index is 10.9. The van der Waals surface area contributed by atoms with Crippen LogP contribution in [0.25, 0.3) is 0 Å². The van der Waals surface area contributed by atoms with Crippen molar-refractivity contribution in [1.82, 2.24) is 19.9 Å². The number of nitrogens with one attached hydrogen (secondary N) is 2. The molecule has 2 N–H and O–H groups in total. The highest BCUT2D eigenvalue weighted by Crippen LogP contribution is 2.10. The maximum Gasteiger partial charge on any atom is 0.304 e. The molecule has 16 heavy (non-hydrogen) atoms. The summed E-state index contributed by atoms with van der Waals surface area (Å²) < 4.78 is 0. The predicted molar refractivity (Wildman–Crippen MR) is 62.1 cm³/mol. The highest BCUT2D eigenvalue weighted by atomic mass is 35.5. The Hall–Kier alpha value is -1.18. The third-order valence-electron chi connectivity index (χ3n) is 1.59. The summed E-state index contributed by atoms with van der Waals surface area (Å²) in [7, 11) is 0. The van der Waals surface area contributed by atoms with Gasteiger partial charge in [-0.05, 0) is 23.2 Å². The lowest BCUT2D eigenvalue weighted by Gasteiger charge is -2.02. The molecule has 2 aromatic rings. The molecule has 0 atom stereocenters. The molecule has 0 aliphatic carbocycles. The quantitative estimate of drug-likeness (QED) is 0.889. The van der Waals surface area contributed by atoms with E-state index in [-0.39, 0.29) is 21.4 Å².